The quantitative estimate of drug-likeness (QED) is 0.155. The molecule has 0 N–H and O–H groups in total. The Morgan fingerprint density at radius 2 is 1.20 bits per heavy atom. The van der Waals surface area contributed by atoms with E-state index in [1.807, 2.05) is 0 Å². The number of hydrogen-bond acceptors (Lipinski definition) is 3. The first-order chi connectivity index (χ1) is 30.8. The number of furan rings is 2. The average Bonchev–Trinajstić information content (AvgIpc) is 4.01. The number of fused-ring (bicyclic) bond motifs is 19. The molecular weight excluding hydrogens is 779 g/mol. The topological polar surface area (TPSA) is 34.5 Å². The summed E-state index contributed by atoms with van der Waals surface area (Å²) in [4.78, 5) is 2.65. The zero-order valence-electron chi connectivity index (χ0n) is 37.6. The van der Waals surface area contributed by atoms with E-state index in [2.05, 4.69) is 204 Å². The lowest BCUT2D eigenvalue weighted by atomic mass is 9.43. The van der Waals surface area contributed by atoms with Crippen molar-refractivity contribution in [1.82, 2.24) is 4.57 Å². The van der Waals surface area contributed by atoms with Gasteiger partial charge < -0.3 is 18.2 Å². The number of para-hydroxylation sites is 2. The van der Waals surface area contributed by atoms with Crippen LogP contribution in [0.4, 0.5) is 11.4 Å². The van der Waals surface area contributed by atoms with E-state index in [1.54, 1.807) is 0 Å². The van der Waals surface area contributed by atoms with Crippen LogP contribution in [0.5, 0.6) is 0 Å². The second-order valence-corrected chi connectivity index (χ2v) is 21.3. The molecule has 0 radical (unpaired) electrons. The van der Waals surface area contributed by atoms with E-state index in [9.17, 15) is 0 Å². The van der Waals surface area contributed by atoms with E-state index in [0.29, 0.717) is 0 Å². The highest BCUT2D eigenvalue weighted by Crippen LogP contribution is 2.55. The fraction of sp³-hybridized carbons (Fsp3) is 0.186. The normalized spacial score (nSPS) is 14.9. The van der Waals surface area contributed by atoms with Gasteiger partial charge in [-0.15, -0.1) is 0 Å². The molecule has 4 nitrogen and oxygen atoms in total. The maximum absolute atomic E-state index is 7.24. The Kier molecular flexibility index (Phi) is 6.72. The number of rotatable bonds is 1. The van der Waals surface area contributed by atoms with Gasteiger partial charge in [0.2, 0.25) is 0 Å². The van der Waals surface area contributed by atoms with Gasteiger partial charge in [-0.2, -0.15) is 0 Å². The van der Waals surface area contributed by atoms with E-state index in [4.69, 9.17) is 8.83 Å². The first-order valence-corrected chi connectivity index (χ1v) is 22.9. The predicted molar refractivity (Wildman–Crippen MR) is 269 cm³/mol. The van der Waals surface area contributed by atoms with Gasteiger partial charge in [0.25, 0.3) is 0 Å². The van der Waals surface area contributed by atoms with Crippen LogP contribution in [0.3, 0.4) is 0 Å². The molecule has 0 saturated carbocycles. The molecule has 0 fully saturated rings. The Morgan fingerprint density at radius 1 is 0.516 bits per heavy atom. The molecule has 308 valence electrons. The van der Waals surface area contributed by atoms with Crippen LogP contribution in [0.25, 0.3) is 93.6 Å². The summed E-state index contributed by atoms with van der Waals surface area (Å²) in [6, 6.07) is 52.6. The summed E-state index contributed by atoms with van der Waals surface area (Å²) < 4.78 is 16.6. The molecule has 8 aromatic carbocycles. The van der Waals surface area contributed by atoms with Crippen LogP contribution in [-0.4, -0.2) is 11.4 Å². The molecule has 1 aliphatic carbocycles. The lowest BCUT2D eigenvalue weighted by Gasteiger charge is -2.42. The highest BCUT2D eigenvalue weighted by atomic mass is 16.3. The minimum absolute atomic E-state index is 0.0108. The van der Waals surface area contributed by atoms with Crippen LogP contribution < -0.4 is 15.7 Å². The third-order valence-corrected chi connectivity index (χ3v) is 15.3. The van der Waals surface area contributed by atoms with Gasteiger partial charge in [0, 0.05) is 61.0 Å². The monoisotopic (exact) mass is 826 g/mol. The number of anilines is 2. The fourth-order valence-corrected chi connectivity index (χ4v) is 12.1. The fourth-order valence-electron chi connectivity index (χ4n) is 12.1. The van der Waals surface area contributed by atoms with E-state index < -0.39 is 0 Å². The molecule has 0 bridgehead atoms. The molecule has 0 saturated heterocycles. The van der Waals surface area contributed by atoms with Crippen molar-refractivity contribution < 1.29 is 8.83 Å². The maximum atomic E-state index is 7.24. The number of hydrogen-bond donors (Lipinski definition) is 0. The minimum atomic E-state index is -0.184. The zero-order valence-corrected chi connectivity index (χ0v) is 37.6. The Bertz CT molecular complexity index is 3900. The smallest absolute Gasteiger partial charge is 0.333 e. The second kappa shape index (κ2) is 11.8. The van der Waals surface area contributed by atoms with Crippen molar-refractivity contribution in [2.75, 3.05) is 4.81 Å². The third kappa shape index (κ3) is 4.49. The number of nitrogens with zero attached hydrogens (tertiary/aromatic N) is 2. The Hall–Kier alpha value is -6.98. The highest BCUT2D eigenvalue weighted by molar-refractivity contribution is 6.94. The van der Waals surface area contributed by atoms with Crippen LogP contribution in [0.1, 0.15) is 77.6 Å². The average molecular weight is 827 g/mol. The summed E-state index contributed by atoms with van der Waals surface area (Å²) in [5, 5.41) is 6.97. The predicted octanol–water partition coefficient (Wildman–Crippen LogP) is 14.7. The maximum Gasteiger partial charge on any atom is 0.333 e. The molecule has 0 spiro atoms. The van der Waals surface area contributed by atoms with Crippen LogP contribution in [0.15, 0.2) is 148 Å². The lowest BCUT2D eigenvalue weighted by molar-refractivity contribution is 0.590. The summed E-state index contributed by atoms with van der Waals surface area (Å²) in [7, 11) is 0. The summed E-state index contributed by atoms with van der Waals surface area (Å²) in [5.41, 5.74) is 22.4. The molecule has 5 heteroatoms. The van der Waals surface area contributed by atoms with Crippen molar-refractivity contribution in [1.29, 1.82) is 0 Å². The van der Waals surface area contributed by atoms with Gasteiger partial charge in [0.15, 0.2) is 0 Å². The van der Waals surface area contributed by atoms with E-state index in [1.165, 1.54) is 88.3 Å². The molecule has 0 unspecified atom stereocenters. The molecule has 11 aromatic rings. The summed E-state index contributed by atoms with van der Waals surface area (Å²) in [5.74, 6) is 0. The highest BCUT2D eigenvalue weighted by Gasteiger charge is 2.48. The SMILES string of the molecule is CC(C)(C)c1ccc(N2B3c4cc5c(cc4-n4c6ccc(C(C)(C)C)cc6c6c7oc8ccccc8c7c(c3c64)-c3cc4c(cc32)oc2ccccc24)-c2ccccc2C5(C)C)cc1. The lowest BCUT2D eigenvalue weighted by Crippen LogP contribution is -2.60. The number of aromatic nitrogens is 1. The van der Waals surface area contributed by atoms with Crippen molar-refractivity contribution in [3.8, 4) is 27.9 Å². The summed E-state index contributed by atoms with van der Waals surface area (Å²) >= 11 is 0. The van der Waals surface area contributed by atoms with Crippen molar-refractivity contribution in [2.45, 2.75) is 71.6 Å². The first-order valence-electron chi connectivity index (χ1n) is 22.9. The van der Waals surface area contributed by atoms with Gasteiger partial charge in [0.05, 0.1) is 16.4 Å². The molecule has 5 heterocycles. The van der Waals surface area contributed by atoms with E-state index in [0.717, 1.165) is 49.9 Å². The van der Waals surface area contributed by atoms with Gasteiger partial charge in [-0.1, -0.05) is 140 Å². The van der Waals surface area contributed by atoms with Gasteiger partial charge in [-0.05, 0) is 109 Å². The molecule has 0 amide bonds. The third-order valence-electron chi connectivity index (χ3n) is 15.3. The van der Waals surface area contributed by atoms with Gasteiger partial charge in [-0.25, -0.2) is 0 Å². The molecule has 0 atom stereocenters. The first kappa shape index (κ1) is 36.5. The van der Waals surface area contributed by atoms with Crippen molar-refractivity contribution in [3.63, 3.8) is 0 Å². The molecule has 3 aliphatic rings. The summed E-state index contributed by atoms with van der Waals surface area (Å²) in [6.07, 6.45) is 0. The van der Waals surface area contributed by atoms with E-state index in [-0.39, 0.29) is 23.1 Å². The van der Waals surface area contributed by atoms with Gasteiger partial charge in [0.1, 0.15) is 22.3 Å². The molecule has 3 aromatic heterocycles. The minimum Gasteiger partial charge on any atom is -0.456 e. The number of benzene rings is 8. The van der Waals surface area contributed by atoms with Crippen molar-refractivity contribution in [3.05, 3.63) is 162 Å². The molecule has 14 rings (SSSR count). The Labute approximate surface area is 372 Å². The second-order valence-electron chi connectivity index (χ2n) is 21.3. The van der Waals surface area contributed by atoms with Crippen LogP contribution >= 0.6 is 0 Å². The zero-order chi connectivity index (χ0) is 43.3. The van der Waals surface area contributed by atoms with Crippen molar-refractivity contribution >= 4 is 94.8 Å². The Balaban J connectivity index is 1.23. The van der Waals surface area contributed by atoms with E-state index >= 15 is 0 Å². The van der Waals surface area contributed by atoms with Crippen LogP contribution in [0, 0.1) is 0 Å². The largest absolute Gasteiger partial charge is 0.456 e. The molecule has 64 heavy (non-hydrogen) atoms. The van der Waals surface area contributed by atoms with Gasteiger partial charge >= 0.3 is 6.85 Å². The standard InChI is InChI=1S/C59H47BN2O2/c1-57(2,3)32-21-24-34(25-22-32)62-46-31-50-39(36-16-10-13-19-48(36)63-50)28-41(46)51-52-37-17-11-14-20-49(37)64-56(52)53-40-27-33(58(4,5)6)23-26-45(40)61-47-29-38-35-15-9-12-18-42(35)59(7,8)43(38)30-44(47)60(62)54(51)55(53)61/h9-31H,1-8H3. The molecule has 2 aliphatic heterocycles. The summed E-state index contributed by atoms with van der Waals surface area (Å²) in [6.45, 7) is 18.5. The van der Waals surface area contributed by atoms with Gasteiger partial charge in [-0.3, -0.25) is 0 Å². The van der Waals surface area contributed by atoms with Crippen molar-refractivity contribution in [2.24, 2.45) is 0 Å². The van der Waals surface area contributed by atoms with Crippen LogP contribution in [-0.2, 0) is 16.2 Å². The Morgan fingerprint density at radius 3 is 1.97 bits per heavy atom. The molecular formula is C59H47BN2O2. The van der Waals surface area contributed by atoms with Crippen LogP contribution in [0.2, 0.25) is 0 Å².